The van der Waals surface area contributed by atoms with Crippen molar-refractivity contribution in [3.63, 3.8) is 0 Å². The number of nitrogen functional groups attached to an aromatic ring is 1. The second kappa shape index (κ2) is 3.99. The largest absolute Gasteiger partial charge is 0.399 e. The van der Waals surface area contributed by atoms with Crippen LogP contribution in [0.4, 0.5) is 5.69 Å². The highest BCUT2D eigenvalue weighted by Crippen LogP contribution is 2.17. The van der Waals surface area contributed by atoms with Crippen LogP contribution in [-0.4, -0.2) is 14.5 Å². The highest BCUT2D eigenvalue weighted by Gasteiger charge is 2.09. The second-order valence-corrected chi connectivity index (χ2v) is 5.48. The molecule has 0 unspecified atom stereocenters. The summed E-state index contributed by atoms with van der Waals surface area (Å²) < 4.78 is 1.67. The van der Waals surface area contributed by atoms with E-state index in [-0.39, 0.29) is 5.69 Å². The summed E-state index contributed by atoms with van der Waals surface area (Å²) in [4.78, 5) is 20.1. The SMILES string of the molecule is Cc1cnc(Cn2c(=O)[nH]c3cc(N)ccc32)s1. The molecule has 0 saturated carbocycles. The number of aromatic amines is 1. The Balaban J connectivity index is 2.11. The maximum atomic E-state index is 11.9. The van der Waals surface area contributed by atoms with E-state index in [0.29, 0.717) is 12.2 Å². The number of aromatic nitrogens is 3. The number of H-pyrrole nitrogens is 1. The number of nitrogens with zero attached hydrogens (tertiary/aromatic N) is 2. The number of hydrogen-bond acceptors (Lipinski definition) is 4. The molecule has 18 heavy (non-hydrogen) atoms. The molecular weight excluding hydrogens is 248 g/mol. The van der Waals surface area contributed by atoms with Crippen molar-refractivity contribution in [2.45, 2.75) is 13.5 Å². The summed E-state index contributed by atoms with van der Waals surface area (Å²) in [5.41, 5.74) is 7.81. The van der Waals surface area contributed by atoms with Crippen molar-refractivity contribution in [1.82, 2.24) is 14.5 Å². The lowest BCUT2D eigenvalue weighted by Gasteiger charge is -2.00. The van der Waals surface area contributed by atoms with E-state index in [4.69, 9.17) is 5.73 Å². The first-order valence-corrected chi connectivity index (χ1v) is 6.34. The Labute approximate surface area is 107 Å². The van der Waals surface area contributed by atoms with Crippen molar-refractivity contribution in [3.8, 4) is 0 Å². The van der Waals surface area contributed by atoms with Crippen LogP contribution >= 0.6 is 11.3 Å². The van der Waals surface area contributed by atoms with E-state index in [9.17, 15) is 4.79 Å². The van der Waals surface area contributed by atoms with Gasteiger partial charge in [0.2, 0.25) is 0 Å². The van der Waals surface area contributed by atoms with Gasteiger partial charge in [0.05, 0.1) is 17.6 Å². The first kappa shape index (κ1) is 11.0. The quantitative estimate of drug-likeness (QED) is 0.689. The Morgan fingerprint density at radius 1 is 1.50 bits per heavy atom. The number of nitrogens with one attached hydrogen (secondary N) is 1. The third-order valence-corrected chi connectivity index (χ3v) is 3.66. The number of benzene rings is 1. The third-order valence-electron chi connectivity index (χ3n) is 2.76. The number of anilines is 1. The molecule has 3 rings (SSSR count). The summed E-state index contributed by atoms with van der Waals surface area (Å²) in [7, 11) is 0. The van der Waals surface area contributed by atoms with Gasteiger partial charge in [-0.2, -0.15) is 0 Å². The van der Waals surface area contributed by atoms with Gasteiger partial charge in [-0.1, -0.05) is 0 Å². The summed E-state index contributed by atoms with van der Waals surface area (Å²) in [6.45, 7) is 2.49. The molecule has 3 N–H and O–H groups in total. The fourth-order valence-corrected chi connectivity index (χ4v) is 2.72. The van der Waals surface area contributed by atoms with Gasteiger partial charge in [-0.05, 0) is 25.1 Å². The number of fused-ring (bicyclic) bond motifs is 1. The van der Waals surface area contributed by atoms with Crippen LogP contribution in [0.25, 0.3) is 11.0 Å². The highest BCUT2D eigenvalue weighted by molar-refractivity contribution is 7.11. The number of rotatable bonds is 2. The summed E-state index contributed by atoms with van der Waals surface area (Å²) >= 11 is 1.60. The van der Waals surface area contributed by atoms with Gasteiger partial charge in [0.1, 0.15) is 5.01 Å². The number of imidazole rings is 1. The van der Waals surface area contributed by atoms with Crippen molar-refractivity contribution >= 4 is 28.1 Å². The zero-order valence-corrected chi connectivity index (χ0v) is 10.6. The van der Waals surface area contributed by atoms with Gasteiger partial charge in [-0.15, -0.1) is 11.3 Å². The molecule has 0 radical (unpaired) electrons. The standard InChI is InChI=1S/C12H12N4OS/c1-7-5-14-11(18-7)6-16-10-3-2-8(13)4-9(10)15-12(16)17/h2-5H,6,13H2,1H3,(H,15,17). The van der Waals surface area contributed by atoms with Gasteiger partial charge in [-0.25, -0.2) is 9.78 Å². The fraction of sp³-hybridized carbons (Fsp3) is 0.167. The smallest absolute Gasteiger partial charge is 0.326 e. The van der Waals surface area contributed by atoms with E-state index in [1.54, 1.807) is 28.0 Å². The molecule has 92 valence electrons. The third kappa shape index (κ3) is 1.80. The first-order valence-electron chi connectivity index (χ1n) is 5.53. The van der Waals surface area contributed by atoms with Crippen LogP contribution in [0.3, 0.4) is 0 Å². The van der Waals surface area contributed by atoms with Crippen LogP contribution in [0.15, 0.2) is 29.2 Å². The summed E-state index contributed by atoms with van der Waals surface area (Å²) in [6.07, 6.45) is 1.82. The Hall–Kier alpha value is -2.08. The summed E-state index contributed by atoms with van der Waals surface area (Å²) in [5, 5.41) is 0.923. The lowest BCUT2D eigenvalue weighted by molar-refractivity contribution is 0.780. The lowest BCUT2D eigenvalue weighted by Crippen LogP contribution is -2.17. The van der Waals surface area contributed by atoms with Crippen LogP contribution < -0.4 is 11.4 Å². The Bertz CT molecular complexity index is 768. The van der Waals surface area contributed by atoms with Crippen LogP contribution in [0.1, 0.15) is 9.88 Å². The Morgan fingerprint density at radius 2 is 2.33 bits per heavy atom. The molecule has 5 nitrogen and oxygen atoms in total. The molecular formula is C12H12N4OS. The molecule has 0 aliphatic rings. The van der Waals surface area contributed by atoms with E-state index >= 15 is 0 Å². The van der Waals surface area contributed by atoms with Crippen LogP contribution in [0.2, 0.25) is 0 Å². The molecule has 0 aliphatic carbocycles. The summed E-state index contributed by atoms with van der Waals surface area (Å²) in [6, 6.07) is 5.41. The lowest BCUT2D eigenvalue weighted by atomic mass is 10.3. The minimum Gasteiger partial charge on any atom is -0.399 e. The Morgan fingerprint density at radius 3 is 3.06 bits per heavy atom. The maximum absolute atomic E-state index is 11.9. The van der Waals surface area contributed by atoms with E-state index in [1.165, 1.54) is 0 Å². The average Bonchev–Trinajstić information content (AvgIpc) is 2.84. The van der Waals surface area contributed by atoms with Crippen molar-refractivity contribution < 1.29 is 0 Å². The molecule has 0 saturated heterocycles. The molecule has 0 aliphatic heterocycles. The normalized spacial score (nSPS) is 11.2. The zero-order valence-electron chi connectivity index (χ0n) is 9.80. The molecule has 1 aromatic carbocycles. The Kier molecular flexibility index (Phi) is 2.45. The molecule has 0 atom stereocenters. The van der Waals surface area contributed by atoms with Crippen molar-refractivity contribution in [3.05, 3.63) is 44.8 Å². The summed E-state index contributed by atoms with van der Waals surface area (Å²) in [5.74, 6) is 0. The molecule has 2 heterocycles. The monoisotopic (exact) mass is 260 g/mol. The fourth-order valence-electron chi connectivity index (χ4n) is 1.95. The zero-order chi connectivity index (χ0) is 12.7. The van der Waals surface area contributed by atoms with Crippen LogP contribution in [0, 0.1) is 6.92 Å². The molecule has 6 heteroatoms. The van der Waals surface area contributed by atoms with Gasteiger partial charge in [-0.3, -0.25) is 4.57 Å². The topological polar surface area (TPSA) is 76.7 Å². The number of hydrogen-bond donors (Lipinski definition) is 2. The van der Waals surface area contributed by atoms with Crippen LogP contribution in [0.5, 0.6) is 0 Å². The van der Waals surface area contributed by atoms with Gasteiger partial charge in [0.15, 0.2) is 0 Å². The maximum Gasteiger partial charge on any atom is 0.326 e. The molecule has 3 aromatic rings. The molecule has 0 bridgehead atoms. The van der Waals surface area contributed by atoms with E-state index in [2.05, 4.69) is 9.97 Å². The highest BCUT2D eigenvalue weighted by atomic mass is 32.1. The van der Waals surface area contributed by atoms with Gasteiger partial charge < -0.3 is 10.7 Å². The second-order valence-electron chi connectivity index (χ2n) is 4.16. The van der Waals surface area contributed by atoms with Gasteiger partial charge in [0.25, 0.3) is 0 Å². The molecule has 0 fully saturated rings. The van der Waals surface area contributed by atoms with Gasteiger partial charge >= 0.3 is 5.69 Å². The van der Waals surface area contributed by atoms with Gasteiger partial charge in [0, 0.05) is 16.8 Å². The molecule has 2 aromatic heterocycles. The van der Waals surface area contributed by atoms with E-state index in [0.717, 1.165) is 20.9 Å². The predicted molar refractivity (Wildman–Crippen MR) is 72.9 cm³/mol. The first-order chi connectivity index (χ1) is 8.63. The van der Waals surface area contributed by atoms with Crippen molar-refractivity contribution in [2.24, 2.45) is 0 Å². The number of nitrogens with two attached hydrogens (primary N) is 1. The molecule has 0 amide bonds. The van der Waals surface area contributed by atoms with Crippen LogP contribution in [-0.2, 0) is 6.54 Å². The number of aryl methyl sites for hydroxylation is 1. The van der Waals surface area contributed by atoms with E-state index in [1.807, 2.05) is 19.2 Å². The van der Waals surface area contributed by atoms with Crippen molar-refractivity contribution in [2.75, 3.05) is 5.73 Å². The predicted octanol–water partition coefficient (Wildman–Crippen LogP) is 1.73. The van der Waals surface area contributed by atoms with E-state index < -0.39 is 0 Å². The average molecular weight is 260 g/mol. The minimum absolute atomic E-state index is 0.136. The molecule has 0 spiro atoms. The van der Waals surface area contributed by atoms with Crippen molar-refractivity contribution in [1.29, 1.82) is 0 Å². The minimum atomic E-state index is -0.136. The number of thiazole rings is 1.